The quantitative estimate of drug-likeness (QED) is 0.342. The number of hydrogen-bond donors (Lipinski definition) is 0. The van der Waals surface area contributed by atoms with E-state index in [4.69, 9.17) is 4.74 Å². The molecule has 4 aromatic rings. The number of ether oxygens (including phenoxy) is 1. The second-order valence-corrected chi connectivity index (χ2v) is 9.50. The first-order valence-electron chi connectivity index (χ1n) is 11.6. The van der Waals surface area contributed by atoms with Gasteiger partial charge < -0.3 is 14.2 Å². The van der Waals surface area contributed by atoms with Gasteiger partial charge in [0.25, 0.3) is 0 Å². The van der Waals surface area contributed by atoms with Crippen LogP contribution < -0.4 is 0 Å². The van der Waals surface area contributed by atoms with Crippen molar-refractivity contribution in [1.29, 1.82) is 0 Å². The number of rotatable bonds is 6. The molecule has 2 heterocycles. The van der Waals surface area contributed by atoms with Gasteiger partial charge in [-0.3, -0.25) is 0 Å². The fourth-order valence-electron chi connectivity index (χ4n) is 5.19. The van der Waals surface area contributed by atoms with Crippen molar-refractivity contribution in [2.24, 2.45) is 7.05 Å². The fraction of sp³-hybridized carbons (Fsp3) is 0.310. The summed E-state index contributed by atoms with van der Waals surface area (Å²) < 4.78 is 21.8. The van der Waals surface area contributed by atoms with Gasteiger partial charge in [0.15, 0.2) is 0 Å². The molecule has 170 valence electrons. The van der Waals surface area contributed by atoms with E-state index in [1.807, 2.05) is 12.1 Å². The molecule has 3 nitrogen and oxygen atoms in total. The van der Waals surface area contributed by atoms with Gasteiger partial charge in [0.2, 0.25) is 0 Å². The van der Waals surface area contributed by atoms with Crippen LogP contribution in [-0.2, 0) is 24.8 Å². The number of nitrogens with zero attached hydrogens (tertiary/aromatic N) is 2. The zero-order valence-corrected chi connectivity index (χ0v) is 19.8. The van der Waals surface area contributed by atoms with Crippen molar-refractivity contribution in [3.05, 3.63) is 94.9 Å². The van der Waals surface area contributed by atoms with Crippen LogP contribution in [0.3, 0.4) is 0 Å². The maximum absolute atomic E-state index is 13.2. The largest absolute Gasteiger partial charge is 0.367 e. The van der Waals surface area contributed by atoms with Crippen LogP contribution in [0.15, 0.2) is 66.9 Å². The van der Waals surface area contributed by atoms with E-state index in [-0.39, 0.29) is 18.0 Å². The Hall–Kier alpha value is -2.95. The average Bonchev–Trinajstić information content (AvgIpc) is 3.35. The molecular weight excluding hydrogens is 411 g/mol. The molecule has 0 spiro atoms. The Morgan fingerprint density at radius 2 is 1.76 bits per heavy atom. The zero-order chi connectivity index (χ0) is 23.1. The molecule has 4 heteroatoms. The normalized spacial score (nSPS) is 16.5. The number of benzene rings is 3. The molecule has 2 atom stereocenters. The molecule has 0 N–H and O–H groups in total. The van der Waals surface area contributed by atoms with Crippen molar-refractivity contribution >= 4 is 10.9 Å². The van der Waals surface area contributed by atoms with E-state index in [0.29, 0.717) is 6.61 Å². The maximum Gasteiger partial charge on any atom is 0.123 e. The first kappa shape index (κ1) is 21.9. The summed E-state index contributed by atoms with van der Waals surface area (Å²) in [5.41, 5.74) is 8.75. The lowest BCUT2D eigenvalue weighted by Gasteiger charge is -2.30. The van der Waals surface area contributed by atoms with Crippen molar-refractivity contribution in [3.63, 3.8) is 0 Å². The van der Waals surface area contributed by atoms with Gasteiger partial charge in [0.1, 0.15) is 5.82 Å². The van der Waals surface area contributed by atoms with Gasteiger partial charge in [-0.25, -0.2) is 4.39 Å². The smallest absolute Gasteiger partial charge is 0.123 e. The van der Waals surface area contributed by atoms with Crippen molar-refractivity contribution in [1.82, 2.24) is 9.47 Å². The summed E-state index contributed by atoms with van der Waals surface area (Å²) in [7, 11) is 6.32. The predicted octanol–water partition coefficient (Wildman–Crippen LogP) is 6.43. The SMILES string of the molecule is Cc1cn(C)c2ccc(-c3ccc4c(c3)COC4C(CCc3ccc(F)cc3)N(C)C)cc12. The minimum absolute atomic E-state index is 0.0448. The lowest BCUT2D eigenvalue weighted by Crippen LogP contribution is -2.34. The lowest BCUT2D eigenvalue weighted by molar-refractivity contribution is 0.00519. The molecule has 3 aromatic carbocycles. The van der Waals surface area contributed by atoms with Crippen LogP contribution in [-0.4, -0.2) is 29.6 Å². The van der Waals surface area contributed by atoms with Crippen LogP contribution >= 0.6 is 0 Å². The summed E-state index contributed by atoms with van der Waals surface area (Å²) in [4.78, 5) is 2.25. The molecular formula is C29H31FN2O. The Labute approximate surface area is 195 Å². The van der Waals surface area contributed by atoms with Crippen molar-refractivity contribution in [3.8, 4) is 11.1 Å². The van der Waals surface area contributed by atoms with Crippen molar-refractivity contribution < 1.29 is 9.13 Å². The average molecular weight is 443 g/mol. The third kappa shape index (κ3) is 4.21. The highest BCUT2D eigenvalue weighted by molar-refractivity contribution is 5.88. The molecule has 0 bridgehead atoms. The Balaban J connectivity index is 1.39. The Morgan fingerprint density at radius 3 is 2.52 bits per heavy atom. The summed E-state index contributed by atoms with van der Waals surface area (Å²) in [6.07, 6.45) is 4.08. The third-order valence-electron chi connectivity index (χ3n) is 7.04. The number of likely N-dealkylation sites (N-methyl/N-ethyl adjacent to an activating group) is 1. The number of aromatic nitrogens is 1. The first-order chi connectivity index (χ1) is 15.9. The molecule has 1 aromatic heterocycles. The Morgan fingerprint density at radius 1 is 1.03 bits per heavy atom. The summed E-state index contributed by atoms with van der Waals surface area (Å²) in [6.45, 7) is 2.81. The number of hydrogen-bond acceptors (Lipinski definition) is 2. The van der Waals surface area contributed by atoms with Gasteiger partial charge in [-0.15, -0.1) is 0 Å². The topological polar surface area (TPSA) is 17.4 Å². The maximum atomic E-state index is 13.2. The van der Waals surface area contributed by atoms with Gasteiger partial charge in [-0.1, -0.05) is 30.3 Å². The van der Waals surface area contributed by atoms with E-state index in [2.05, 4.69) is 80.1 Å². The molecule has 2 unspecified atom stereocenters. The third-order valence-corrected chi connectivity index (χ3v) is 7.04. The van der Waals surface area contributed by atoms with E-state index in [1.165, 1.54) is 50.9 Å². The van der Waals surface area contributed by atoms with Crippen molar-refractivity contribution in [2.75, 3.05) is 14.1 Å². The van der Waals surface area contributed by atoms with Gasteiger partial charge >= 0.3 is 0 Å². The zero-order valence-electron chi connectivity index (χ0n) is 19.8. The molecule has 33 heavy (non-hydrogen) atoms. The molecule has 0 radical (unpaired) electrons. The fourth-order valence-corrected chi connectivity index (χ4v) is 5.19. The molecule has 1 aliphatic heterocycles. The first-order valence-corrected chi connectivity index (χ1v) is 11.6. The van der Waals surface area contributed by atoms with Gasteiger partial charge in [-0.2, -0.15) is 0 Å². The highest BCUT2D eigenvalue weighted by Crippen LogP contribution is 2.38. The highest BCUT2D eigenvalue weighted by atomic mass is 19.1. The van der Waals surface area contributed by atoms with Crippen LogP contribution in [0.4, 0.5) is 4.39 Å². The Kier molecular flexibility index (Phi) is 5.81. The molecule has 0 amide bonds. The molecule has 1 aliphatic rings. The molecule has 0 fully saturated rings. The Bertz CT molecular complexity index is 1290. The highest BCUT2D eigenvalue weighted by Gasteiger charge is 2.32. The van der Waals surface area contributed by atoms with Crippen LogP contribution in [0.2, 0.25) is 0 Å². The van der Waals surface area contributed by atoms with E-state index < -0.39 is 0 Å². The second kappa shape index (κ2) is 8.77. The summed E-state index contributed by atoms with van der Waals surface area (Å²) >= 11 is 0. The van der Waals surface area contributed by atoms with Crippen molar-refractivity contribution in [2.45, 2.75) is 38.5 Å². The number of halogens is 1. The van der Waals surface area contributed by atoms with Crippen LogP contribution in [0.25, 0.3) is 22.0 Å². The summed E-state index contributed by atoms with van der Waals surface area (Å²) in [5, 5.41) is 1.30. The van der Waals surface area contributed by atoms with Gasteiger partial charge in [-0.05, 0) is 97.6 Å². The molecule has 0 saturated heterocycles. The molecule has 5 rings (SSSR count). The van der Waals surface area contributed by atoms with Crippen LogP contribution in [0.5, 0.6) is 0 Å². The predicted molar refractivity (Wildman–Crippen MR) is 133 cm³/mol. The van der Waals surface area contributed by atoms with E-state index in [0.717, 1.165) is 18.4 Å². The standard InChI is InChI=1S/C29H31FN2O/c1-19-17-32(4)27-14-9-22(16-26(19)27)21-8-12-25-23(15-21)18-33-29(25)28(31(2)3)13-7-20-5-10-24(30)11-6-20/h5-6,8-12,14-17,28-29H,7,13,18H2,1-4H3. The molecule has 0 saturated carbocycles. The summed E-state index contributed by atoms with van der Waals surface area (Å²) in [6, 6.07) is 20.6. The van der Waals surface area contributed by atoms with E-state index >= 15 is 0 Å². The number of fused-ring (bicyclic) bond motifs is 2. The minimum atomic E-state index is -0.187. The number of aryl methyl sites for hydroxylation is 3. The molecule has 0 aliphatic carbocycles. The monoisotopic (exact) mass is 442 g/mol. The van der Waals surface area contributed by atoms with E-state index in [9.17, 15) is 4.39 Å². The van der Waals surface area contributed by atoms with E-state index in [1.54, 1.807) is 0 Å². The minimum Gasteiger partial charge on any atom is -0.367 e. The van der Waals surface area contributed by atoms with Gasteiger partial charge in [0.05, 0.1) is 12.7 Å². The van der Waals surface area contributed by atoms with Gasteiger partial charge in [0, 0.05) is 30.2 Å². The second-order valence-electron chi connectivity index (χ2n) is 9.50. The lowest BCUT2D eigenvalue weighted by atomic mass is 9.92. The van der Waals surface area contributed by atoms with Crippen LogP contribution in [0, 0.1) is 12.7 Å². The van der Waals surface area contributed by atoms with Crippen LogP contribution in [0.1, 0.15) is 34.8 Å². The summed E-state index contributed by atoms with van der Waals surface area (Å²) in [5.74, 6) is -0.187.